The third-order valence-electron chi connectivity index (χ3n) is 5.21. The summed E-state index contributed by atoms with van der Waals surface area (Å²) in [5, 5.41) is 6.83. The highest BCUT2D eigenvalue weighted by Crippen LogP contribution is 2.32. The van der Waals surface area contributed by atoms with Gasteiger partial charge in [-0.2, -0.15) is 4.98 Å². The van der Waals surface area contributed by atoms with Gasteiger partial charge in [0.25, 0.3) is 11.4 Å². The number of pyridine rings is 1. The molecule has 0 saturated heterocycles. The van der Waals surface area contributed by atoms with Gasteiger partial charge in [0.1, 0.15) is 6.54 Å². The molecule has 4 aromatic rings. The minimum Gasteiger partial charge on any atom is -0.454 e. The van der Waals surface area contributed by atoms with Crippen molar-refractivity contribution in [1.82, 2.24) is 20.0 Å². The van der Waals surface area contributed by atoms with Crippen molar-refractivity contribution in [3.63, 3.8) is 0 Å². The van der Waals surface area contributed by atoms with E-state index >= 15 is 0 Å². The summed E-state index contributed by atoms with van der Waals surface area (Å²) in [5.74, 6) is 1.73. The van der Waals surface area contributed by atoms with Crippen LogP contribution in [0.1, 0.15) is 11.1 Å². The fourth-order valence-electron chi connectivity index (χ4n) is 3.40. The molecule has 1 aliphatic heterocycles. The second-order valence-electron chi connectivity index (χ2n) is 7.64. The molecule has 1 aliphatic rings. The van der Waals surface area contributed by atoms with E-state index in [1.54, 1.807) is 12.1 Å². The van der Waals surface area contributed by atoms with Crippen LogP contribution in [0.2, 0.25) is 0 Å². The molecular formula is C24H20N4O5. The van der Waals surface area contributed by atoms with E-state index < -0.39 is 0 Å². The van der Waals surface area contributed by atoms with Gasteiger partial charge in [0.05, 0.1) is 5.56 Å². The highest BCUT2D eigenvalue weighted by Gasteiger charge is 2.15. The van der Waals surface area contributed by atoms with Crippen LogP contribution < -0.4 is 20.3 Å². The number of fused-ring (bicyclic) bond motifs is 1. The lowest BCUT2D eigenvalue weighted by Crippen LogP contribution is -2.31. The number of benzene rings is 2. The largest absolute Gasteiger partial charge is 0.454 e. The minimum absolute atomic E-state index is 0.143. The van der Waals surface area contributed by atoms with E-state index in [0.29, 0.717) is 29.4 Å². The van der Waals surface area contributed by atoms with Gasteiger partial charge < -0.3 is 23.9 Å². The first-order valence-electron chi connectivity index (χ1n) is 10.3. The molecule has 166 valence electrons. The van der Waals surface area contributed by atoms with Crippen LogP contribution in [0, 0.1) is 6.92 Å². The number of rotatable bonds is 6. The van der Waals surface area contributed by atoms with Crippen molar-refractivity contribution in [1.29, 1.82) is 0 Å². The predicted molar refractivity (Wildman–Crippen MR) is 119 cm³/mol. The number of aromatic nitrogens is 3. The number of hydrogen-bond acceptors (Lipinski definition) is 7. The van der Waals surface area contributed by atoms with Crippen molar-refractivity contribution >= 4 is 5.91 Å². The quantitative estimate of drug-likeness (QED) is 0.487. The van der Waals surface area contributed by atoms with Crippen LogP contribution in [0.15, 0.2) is 70.1 Å². The first-order valence-corrected chi connectivity index (χ1v) is 10.3. The van der Waals surface area contributed by atoms with E-state index in [9.17, 15) is 9.59 Å². The molecule has 0 fully saturated rings. The SMILES string of the molecule is Cc1ccc(-c2noc(-c3ccc(=O)n(CC(=O)NCc4ccc5c(c4)OCO5)c3)n2)cc1. The Morgan fingerprint density at radius 2 is 1.82 bits per heavy atom. The highest BCUT2D eigenvalue weighted by molar-refractivity contribution is 5.76. The first-order chi connectivity index (χ1) is 16.0. The van der Waals surface area contributed by atoms with Gasteiger partial charge in [0, 0.05) is 24.4 Å². The van der Waals surface area contributed by atoms with Crippen LogP contribution in [0.3, 0.4) is 0 Å². The number of ether oxygens (including phenoxy) is 2. The maximum Gasteiger partial charge on any atom is 0.259 e. The fourth-order valence-corrected chi connectivity index (χ4v) is 3.40. The maximum absolute atomic E-state index is 12.5. The topological polar surface area (TPSA) is 108 Å². The fraction of sp³-hybridized carbons (Fsp3) is 0.167. The molecule has 0 saturated carbocycles. The van der Waals surface area contributed by atoms with Gasteiger partial charge in [0.2, 0.25) is 18.5 Å². The third kappa shape index (κ3) is 4.47. The lowest BCUT2D eigenvalue weighted by Gasteiger charge is -2.09. The molecule has 1 N–H and O–H groups in total. The smallest absolute Gasteiger partial charge is 0.259 e. The van der Waals surface area contributed by atoms with Crippen molar-refractivity contribution in [3.8, 4) is 34.3 Å². The van der Waals surface area contributed by atoms with E-state index in [1.807, 2.05) is 43.3 Å². The average molecular weight is 444 g/mol. The molecule has 0 atom stereocenters. The summed E-state index contributed by atoms with van der Waals surface area (Å²) in [7, 11) is 0. The Labute approximate surface area is 188 Å². The number of amides is 1. The first kappa shape index (κ1) is 20.5. The summed E-state index contributed by atoms with van der Waals surface area (Å²) in [5.41, 5.74) is 3.06. The van der Waals surface area contributed by atoms with Crippen molar-refractivity contribution in [2.45, 2.75) is 20.0 Å². The van der Waals surface area contributed by atoms with Crippen LogP contribution >= 0.6 is 0 Å². The number of nitrogens with zero attached hydrogens (tertiary/aromatic N) is 3. The van der Waals surface area contributed by atoms with Gasteiger partial charge in [-0.25, -0.2) is 0 Å². The Morgan fingerprint density at radius 1 is 1.03 bits per heavy atom. The number of aryl methyl sites for hydroxylation is 1. The van der Waals surface area contributed by atoms with Crippen LogP contribution in [0.5, 0.6) is 11.5 Å². The zero-order valence-corrected chi connectivity index (χ0v) is 17.8. The average Bonchev–Trinajstić information content (AvgIpc) is 3.49. The molecule has 0 aliphatic carbocycles. The van der Waals surface area contributed by atoms with Gasteiger partial charge >= 0.3 is 0 Å². The summed E-state index contributed by atoms with van der Waals surface area (Å²) in [6.07, 6.45) is 1.54. The van der Waals surface area contributed by atoms with E-state index in [2.05, 4.69) is 15.5 Å². The normalized spacial score (nSPS) is 12.0. The van der Waals surface area contributed by atoms with Crippen molar-refractivity contribution in [2.75, 3.05) is 6.79 Å². The molecule has 0 unspecified atom stereocenters. The van der Waals surface area contributed by atoms with Gasteiger partial charge in [-0.05, 0) is 30.7 Å². The second-order valence-corrected chi connectivity index (χ2v) is 7.64. The molecule has 0 radical (unpaired) electrons. The molecule has 0 bridgehead atoms. The molecule has 9 heteroatoms. The Morgan fingerprint density at radius 3 is 2.67 bits per heavy atom. The molecule has 2 aromatic heterocycles. The summed E-state index contributed by atoms with van der Waals surface area (Å²) in [6, 6.07) is 16.2. The molecule has 33 heavy (non-hydrogen) atoms. The van der Waals surface area contributed by atoms with Crippen molar-refractivity contribution in [2.24, 2.45) is 0 Å². The van der Waals surface area contributed by atoms with Crippen LogP contribution in [0.25, 0.3) is 22.8 Å². The summed E-state index contributed by atoms with van der Waals surface area (Å²) >= 11 is 0. The molecule has 9 nitrogen and oxygen atoms in total. The summed E-state index contributed by atoms with van der Waals surface area (Å²) < 4.78 is 17.3. The van der Waals surface area contributed by atoms with Crippen LogP contribution in [-0.4, -0.2) is 27.4 Å². The molecule has 2 aromatic carbocycles. The Hall–Kier alpha value is -4.40. The number of hydrogen-bond donors (Lipinski definition) is 1. The third-order valence-corrected chi connectivity index (χ3v) is 5.21. The molecule has 3 heterocycles. The second kappa shape index (κ2) is 8.62. The molecule has 5 rings (SSSR count). The Balaban J connectivity index is 1.27. The van der Waals surface area contributed by atoms with Crippen LogP contribution in [-0.2, 0) is 17.9 Å². The molecule has 0 spiro atoms. The van der Waals surface area contributed by atoms with Crippen molar-refractivity contribution < 1.29 is 18.8 Å². The highest BCUT2D eigenvalue weighted by atomic mass is 16.7. The van der Waals surface area contributed by atoms with Gasteiger partial charge in [0.15, 0.2) is 11.5 Å². The minimum atomic E-state index is -0.310. The summed E-state index contributed by atoms with van der Waals surface area (Å²) in [6.45, 7) is 2.35. The van der Waals surface area contributed by atoms with E-state index in [4.69, 9.17) is 14.0 Å². The lowest BCUT2D eigenvalue weighted by molar-refractivity contribution is -0.121. The number of carbonyl (C=O) groups excluding carboxylic acids is 1. The monoisotopic (exact) mass is 444 g/mol. The van der Waals surface area contributed by atoms with Crippen LogP contribution in [0.4, 0.5) is 0 Å². The van der Waals surface area contributed by atoms with Crippen molar-refractivity contribution in [3.05, 3.63) is 82.3 Å². The zero-order chi connectivity index (χ0) is 22.8. The van der Waals surface area contributed by atoms with Gasteiger partial charge in [-0.15, -0.1) is 0 Å². The van der Waals surface area contributed by atoms with E-state index in [1.165, 1.54) is 16.8 Å². The van der Waals surface area contributed by atoms with E-state index in [0.717, 1.165) is 16.7 Å². The number of carbonyl (C=O) groups is 1. The predicted octanol–water partition coefficient (Wildman–Crippen LogP) is 2.92. The van der Waals surface area contributed by atoms with E-state index in [-0.39, 0.29) is 30.7 Å². The summed E-state index contributed by atoms with van der Waals surface area (Å²) in [4.78, 5) is 29.2. The number of nitrogens with one attached hydrogen (secondary N) is 1. The van der Waals surface area contributed by atoms with Gasteiger partial charge in [-0.3, -0.25) is 9.59 Å². The zero-order valence-electron chi connectivity index (χ0n) is 17.8. The molecular weight excluding hydrogens is 424 g/mol. The lowest BCUT2D eigenvalue weighted by atomic mass is 10.1. The Kier molecular flexibility index (Phi) is 5.35. The van der Waals surface area contributed by atoms with Gasteiger partial charge in [-0.1, -0.05) is 41.1 Å². The Bertz CT molecular complexity index is 1370. The molecule has 1 amide bonds. The standard InChI is InChI=1S/C24H20N4O5/c1-15-2-5-17(6-3-15)23-26-24(33-27-23)18-7-9-22(30)28(12-18)13-21(29)25-11-16-4-8-19-20(10-16)32-14-31-19/h2-10,12H,11,13-14H2,1H3,(H,25,29). The maximum atomic E-state index is 12.5.